The van der Waals surface area contributed by atoms with E-state index in [0.29, 0.717) is 11.7 Å². The minimum absolute atomic E-state index is 0.0607. The van der Waals surface area contributed by atoms with E-state index in [1.807, 2.05) is 0 Å². The Labute approximate surface area is 122 Å². The van der Waals surface area contributed by atoms with E-state index in [1.165, 1.54) is 5.57 Å². The predicted octanol–water partition coefficient (Wildman–Crippen LogP) is 3.49. The monoisotopic (exact) mass is 274 g/mol. The second-order valence-corrected chi connectivity index (χ2v) is 7.15. The van der Waals surface area contributed by atoms with Crippen molar-refractivity contribution in [1.29, 1.82) is 0 Å². The van der Waals surface area contributed by atoms with Crippen LogP contribution in [0.15, 0.2) is 11.6 Å². The molecule has 0 heterocycles. The summed E-state index contributed by atoms with van der Waals surface area (Å²) < 4.78 is 0. The van der Waals surface area contributed by atoms with Crippen molar-refractivity contribution in [3.8, 4) is 11.8 Å². The van der Waals surface area contributed by atoms with Crippen molar-refractivity contribution in [2.24, 2.45) is 17.3 Å². The normalized spacial score (nSPS) is 31.1. The van der Waals surface area contributed by atoms with Crippen LogP contribution >= 0.6 is 0 Å². The highest BCUT2D eigenvalue weighted by Crippen LogP contribution is 2.53. The second-order valence-electron chi connectivity index (χ2n) is 7.15. The van der Waals surface area contributed by atoms with Gasteiger partial charge in [0.1, 0.15) is 11.4 Å². The fourth-order valence-electron chi connectivity index (χ4n) is 3.84. The molecule has 0 aromatic heterocycles. The predicted molar refractivity (Wildman–Crippen MR) is 81.0 cm³/mol. The van der Waals surface area contributed by atoms with Crippen molar-refractivity contribution in [3.63, 3.8) is 0 Å². The van der Waals surface area contributed by atoms with E-state index in [4.69, 9.17) is 0 Å². The first-order chi connectivity index (χ1) is 9.24. The molecule has 1 fully saturated rings. The van der Waals surface area contributed by atoms with Crippen LogP contribution in [0.25, 0.3) is 0 Å². The summed E-state index contributed by atoms with van der Waals surface area (Å²) in [6, 6.07) is 0. The molecule has 0 bridgehead atoms. The number of fused-ring (bicyclic) bond motifs is 1. The number of carbonyl (C=O) groups excluding carboxylic acids is 1. The topological polar surface area (TPSA) is 37.3 Å². The van der Waals surface area contributed by atoms with Gasteiger partial charge in [0.2, 0.25) is 0 Å². The summed E-state index contributed by atoms with van der Waals surface area (Å²) in [4.78, 5) is 12.1. The first kappa shape index (κ1) is 15.3. The standard InChI is InChI=1S/C18H26O2/c1-13(7-5-11-17(2,3)20)14-9-10-15-16(19)8-6-12-18(14,15)4/h9,13,15,20H,6-8,10,12H2,1-4H3/t13-,15-,18?/m0/s1. The van der Waals surface area contributed by atoms with Crippen LogP contribution in [0.3, 0.4) is 0 Å². The summed E-state index contributed by atoms with van der Waals surface area (Å²) in [5.41, 5.74) is 0.558. The van der Waals surface area contributed by atoms with Crippen LogP contribution in [0.4, 0.5) is 0 Å². The molecule has 0 aromatic rings. The molecule has 0 saturated heterocycles. The molecule has 1 N–H and O–H groups in total. The largest absolute Gasteiger partial charge is 0.378 e. The number of rotatable bonds is 2. The maximum Gasteiger partial charge on any atom is 0.137 e. The van der Waals surface area contributed by atoms with E-state index in [-0.39, 0.29) is 11.3 Å². The minimum Gasteiger partial charge on any atom is -0.378 e. The summed E-state index contributed by atoms with van der Waals surface area (Å²) in [6.45, 7) is 7.86. The zero-order chi connectivity index (χ0) is 15.0. The van der Waals surface area contributed by atoms with Gasteiger partial charge in [0.25, 0.3) is 0 Å². The molecule has 0 aliphatic heterocycles. The number of ketones is 1. The third-order valence-corrected chi connectivity index (χ3v) is 4.84. The van der Waals surface area contributed by atoms with E-state index in [9.17, 15) is 9.90 Å². The summed E-state index contributed by atoms with van der Waals surface area (Å²) >= 11 is 0. The SMILES string of the molecule is C[C@@H](CC#CC(C)(C)O)C1=CC[C@H]2C(=O)CCCC12C. The quantitative estimate of drug-likeness (QED) is 0.618. The maximum atomic E-state index is 12.1. The van der Waals surface area contributed by atoms with Crippen LogP contribution in [-0.2, 0) is 4.79 Å². The molecule has 0 radical (unpaired) electrons. The fraction of sp³-hybridized carbons (Fsp3) is 0.722. The number of hydrogen-bond donors (Lipinski definition) is 1. The molecule has 1 saturated carbocycles. The summed E-state index contributed by atoms with van der Waals surface area (Å²) in [5, 5.41) is 9.64. The third kappa shape index (κ3) is 2.99. The van der Waals surface area contributed by atoms with Crippen molar-refractivity contribution in [2.45, 2.75) is 65.4 Å². The van der Waals surface area contributed by atoms with Gasteiger partial charge in [0.15, 0.2) is 0 Å². The second kappa shape index (κ2) is 5.37. The van der Waals surface area contributed by atoms with Crippen LogP contribution in [0, 0.1) is 29.1 Å². The number of carbonyl (C=O) groups is 1. The van der Waals surface area contributed by atoms with E-state index in [2.05, 4.69) is 31.8 Å². The summed E-state index contributed by atoms with van der Waals surface area (Å²) in [6.07, 6.45) is 6.85. The summed E-state index contributed by atoms with van der Waals surface area (Å²) in [5.74, 6) is 7.00. The molecule has 0 aromatic carbocycles. The molecule has 2 aliphatic rings. The van der Waals surface area contributed by atoms with E-state index < -0.39 is 5.60 Å². The first-order valence-corrected chi connectivity index (χ1v) is 7.70. The first-order valence-electron chi connectivity index (χ1n) is 7.70. The van der Waals surface area contributed by atoms with Gasteiger partial charge >= 0.3 is 0 Å². The smallest absolute Gasteiger partial charge is 0.137 e. The van der Waals surface area contributed by atoms with Gasteiger partial charge in [-0.3, -0.25) is 4.79 Å². The van der Waals surface area contributed by atoms with Crippen LogP contribution < -0.4 is 0 Å². The molecule has 0 spiro atoms. The maximum absolute atomic E-state index is 12.1. The van der Waals surface area contributed by atoms with Crippen LogP contribution in [-0.4, -0.2) is 16.5 Å². The Morgan fingerprint density at radius 2 is 2.25 bits per heavy atom. The molecule has 0 amide bonds. The molecule has 2 heteroatoms. The lowest BCUT2D eigenvalue weighted by Crippen LogP contribution is -2.36. The lowest BCUT2D eigenvalue weighted by atomic mass is 9.63. The number of hydrogen-bond acceptors (Lipinski definition) is 2. The number of Topliss-reactive ketones (excluding diaryl/α,β-unsaturated/α-hetero) is 1. The third-order valence-electron chi connectivity index (χ3n) is 4.84. The summed E-state index contributed by atoms with van der Waals surface area (Å²) in [7, 11) is 0. The van der Waals surface area contributed by atoms with E-state index in [0.717, 1.165) is 32.1 Å². The lowest BCUT2D eigenvalue weighted by molar-refractivity contribution is -0.128. The average Bonchev–Trinajstić information content (AvgIpc) is 2.66. The van der Waals surface area contributed by atoms with Gasteiger partial charge in [-0.1, -0.05) is 37.3 Å². The van der Waals surface area contributed by atoms with Crippen LogP contribution in [0.2, 0.25) is 0 Å². The Bertz CT molecular complexity index is 484. The number of allylic oxidation sites excluding steroid dienone is 2. The molecular formula is C18H26O2. The average molecular weight is 274 g/mol. The zero-order valence-electron chi connectivity index (χ0n) is 13.1. The van der Waals surface area contributed by atoms with Crippen molar-refractivity contribution < 1.29 is 9.90 Å². The highest BCUT2D eigenvalue weighted by Gasteiger charge is 2.47. The van der Waals surface area contributed by atoms with Gasteiger partial charge in [0, 0.05) is 18.8 Å². The Hall–Kier alpha value is -1.07. The molecule has 2 aliphatic carbocycles. The van der Waals surface area contributed by atoms with Crippen LogP contribution in [0.1, 0.15) is 59.8 Å². The van der Waals surface area contributed by atoms with Gasteiger partial charge in [0.05, 0.1) is 0 Å². The lowest BCUT2D eigenvalue weighted by Gasteiger charge is -2.39. The van der Waals surface area contributed by atoms with Gasteiger partial charge in [-0.05, 0) is 44.4 Å². The van der Waals surface area contributed by atoms with Crippen molar-refractivity contribution >= 4 is 5.78 Å². The molecular weight excluding hydrogens is 248 g/mol. The van der Waals surface area contributed by atoms with Crippen LogP contribution in [0.5, 0.6) is 0 Å². The van der Waals surface area contributed by atoms with E-state index >= 15 is 0 Å². The molecule has 2 nitrogen and oxygen atoms in total. The zero-order valence-corrected chi connectivity index (χ0v) is 13.1. The van der Waals surface area contributed by atoms with Gasteiger partial charge in [-0.2, -0.15) is 0 Å². The molecule has 20 heavy (non-hydrogen) atoms. The molecule has 2 rings (SSSR count). The molecule has 1 unspecified atom stereocenters. The Balaban J connectivity index is 2.09. The minimum atomic E-state index is -0.920. The van der Waals surface area contributed by atoms with Crippen molar-refractivity contribution in [2.75, 3.05) is 0 Å². The Morgan fingerprint density at radius 3 is 2.90 bits per heavy atom. The fourth-order valence-corrected chi connectivity index (χ4v) is 3.84. The molecule has 3 atom stereocenters. The Morgan fingerprint density at radius 1 is 1.55 bits per heavy atom. The highest BCUT2D eigenvalue weighted by molar-refractivity contribution is 5.84. The van der Waals surface area contributed by atoms with Gasteiger partial charge in [-0.25, -0.2) is 0 Å². The van der Waals surface area contributed by atoms with Crippen molar-refractivity contribution in [1.82, 2.24) is 0 Å². The van der Waals surface area contributed by atoms with Gasteiger partial charge in [-0.15, -0.1) is 0 Å². The van der Waals surface area contributed by atoms with Crippen molar-refractivity contribution in [3.05, 3.63) is 11.6 Å². The van der Waals surface area contributed by atoms with E-state index in [1.54, 1.807) is 13.8 Å². The molecule has 110 valence electrons. The number of aliphatic hydroxyl groups is 1. The van der Waals surface area contributed by atoms with Gasteiger partial charge < -0.3 is 5.11 Å². The highest BCUT2D eigenvalue weighted by atomic mass is 16.3. The Kier molecular flexibility index (Phi) is 4.12.